The third-order valence-electron chi connectivity index (χ3n) is 1.69. The Bertz CT molecular complexity index is 468. The van der Waals surface area contributed by atoms with Crippen molar-refractivity contribution >= 4 is 17.0 Å². The lowest BCUT2D eigenvalue weighted by atomic mass is 10.2. The average Bonchev–Trinajstić information content (AvgIpc) is 2.17. The molecule has 0 bridgehead atoms. The monoisotopic (exact) mass is 173 g/mol. The van der Waals surface area contributed by atoms with Crippen LogP contribution in [0.5, 0.6) is 0 Å². The van der Waals surface area contributed by atoms with Gasteiger partial charge in [-0.05, 0) is 18.2 Å². The molecule has 2 aromatic rings. The summed E-state index contributed by atoms with van der Waals surface area (Å²) in [6.45, 7) is 0. The lowest BCUT2D eigenvalue weighted by Crippen LogP contribution is -2.22. The third-order valence-corrected chi connectivity index (χ3v) is 1.69. The molecular formula is C9H5N2O2-. The molecule has 0 saturated heterocycles. The zero-order chi connectivity index (χ0) is 9.26. The highest BCUT2D eigenvalue weighted by atomic mass is 16.4. The first-order valence-corrected chi connectivity index (χ1v) is 3.69. The molecule has 2 rings (SSSR count). The molecule has 2 heterocycles. The van der Waals surface area contributed by atoms with E-state index in [2.05, 4.69) is 9.97 Å². The molecule has 0 radical (unpaired) electrons. The topological polar surface area (TPSA) is 65.9 Å². The molecule has 64 valence electrons. The number of carboxylic acid groups (broad SMARTS) is 1. The first-order chi connectivity index (χ1) is 6.27. The van der Waals surface area contributed by atoms with E-state index in [1.165, 1.54) is 12.3 Å². The number of hydrogen-bond donors (Lipinski definition) is 0. The van der Waals surface area contributed by atoms with Crippen molar-refractivity contribution in [1.82, 2.24) is 9.97 Å². The van der Waals surface area contributed by atoms with Crippen LogP contribution in [-0.4, -0.2) is 15.9 Å². The number of fused-ring (bicyclic) bond motifs is 1. The Morgan fingerprint density at radius 3 is 2.92 bits per heavy atom. The molecule has 0 aliphatic rings. The summed E-state index contributed by atoms with van der Waals surface area (Å²) in [5, 5.41) is 10.5. The third kappa shape index (κ3) is 1.33. The second kappa shape index (κ2) is 2.82. The molecule has 2 aromatic heterocycles. The first-order valence-electron chi connectivity index (χ1n) is 3.69. The Hall–Kier alpha value is -1.97. The van der Waals surface area contributed by atoms with Gasteiger partial charge in [0.2, 0.25) is 0 Å². The van der Waals surface area contributed by atoms with Crippen molar-refractivity contribution < 1.29 is 9.90 Å². The van der Waals surface area contributed by atoms with Crippen LogP contribution >= 0.6 is 0 Å². The Morgan fingerprint density at radius 1 is 1.31 bits per heavy atom. The van der Waals surface area contributed by atoms with Crippen molar-refractivity contribution in [1.29, 1.82) is 0 Å². The lowest BCUT2D eigenvalue weighted by Gasteiger charge is -2.01. The van der Waals surface area contributed by atoms with Crippen molar-refractivity contribution in [2.24, 2.45) is 0 Å². The summed E-state index contributed by atoms with van der Waals surface area (Å²) in [5.74, 6) is -1.24. The van der Waals surface area contributed by atoms with E-state index in [1.54, 1.807) is 18.3 Å². The molecule has 0 amide bonds. The Balaban J connectivity index is 2.69. The second-order valence-corrected chi connectivity index (χ2v) is 2.55. The van der Waals surface area contributed by atoms with Crippen molar-refractivity contribution in [3.05, 3.63) is 36.2 Å². The van der Waals surface area contributed by atoms with Gasteiger partial charge in [-0.3, -0.25) is 9.97 Å². The minimum atomic E-state index is -1.24. The molecule has 0 N–H and O–H groups in total. The molecule has 0 aliphatic heterocycles. The molecule has 4 heteroatoms. The zero-order valence-corrected chi connectivity index (χ0v) is 6.60. The van der Waals surface area contributed by atoms with E-state index >= 15 is 0 Å². The number of aromatic carboxylic acids is 1. The van der Waals surface area contributed by atoms with Crippen LogP contribution in [0.3, 0.4) is 0 Å². The largest absolute Gasteiger partial charge is 0.545 e. The number of carboxylic acids is 1. The van der Waals surface area contributed by atoms with Crippen LogP contribution in [0.25, 0.3) is 11.0 Å². The van der Waals surface area contributed by atoms with Crippen LogP contribution in [0.2, 0.25) is 0 Å². The van der Waals surface area contributed by atoms with Gasteiger partial charge in [-0.1, -0.05) is 0 Å². The van der Waals surface area contributed by atoms with Gasteiger partial charge in [-0.2, -0.15) is 0 Å². The lowest BCUT2D eigenvalue weighted by molar-refractivity contribution is -0.255. The smallest absolute Gasteiger partial charge is 0.0893 e. The summed E-state index contributed by atoms with van der Waals surface area (Å²) in [6.07, 6.45) is 2.85. The molecule has 0 aromatic carbocycles. The van der Waals surface area contributed by atoms with Gasteiger partial charge < -0.3 is 9.90 Å². The average molecular weight is 173 g/mol. The van der Waals surface area contributed by atoms with Gasteiger partial charge in [0.25, 0.3) is 0 Å². The maximum Gasteiger partial charge on any atom is 0.0893 e. The number of carbonyl (C=O) groups excluding carboxylic acids is 1. The molecule has 4 nitrogen and oxygen atoms in total. The fraction of sp³-hybridized carbons (Fsp3) is 0. The highest BCUT2D eigenvalue weighted by Crippen LogP contribution is 2.08. The zero-order valence-electron chi connectivity index (χ0n) is 6.60. The van der Waals surface area contributed by atoms with Crippen molar-refractivity contribution in [2.75, 3.05) is 0 Å². The number of hydrogen-bond acceptors (Lipinski definition) is 4. The van der Waals surface area contributed by atoms with Gasteiger partial charge in [0, 0.05) is 18.0 Å². The molecule has 0 fully saturated rings. The maximum absolute atomic E-state index is 10.5. The SMILES string of the molecule is O=C([O-])c1cnc2cccnc2c1. The van der Waals surface area contributed by atoms with E-state index in [0.717, 1.165) is 0 Å². The molecule has 0 unspecified atom stereocenters. The van der Waals surface area contributed by atoms with Crippen LogP contribution < -0.4 is 5.11 Å². The normalized spacial score (nSPS) is 10.2. The summed E-state index contributed by atoms with van der Waals surface area (Å²) < 4.78 is 0. The van der Waals surface area contributed by atoms with E-state index in [9.17, 15) is 9.90 Å². The first kappa shape index (κ1) is 7.67. The van der Waals surface area contributed by atoms with Crippen molar-refractivity contribution in [3.63, 3.8) is 0 Å². The number of nitrogens with zero attached hydrogens (tertiary/aromatic N) is 2. The summed E-state index contributed by atoms with van der Waals surface area (Å²) >= 11 is 0. The maximum atomic E-state index is 10.5. The van der Waals surface area contributed by atoms with E-state index in [0.29, 0.717) is 11.0 Å². The highest BCUT2D eigenvalue weighted by molar-refractivity contribution is 5.89. The number of carbonyl (C=O) groups is 1. The Kier molecular flexibility index (Phi) is 1.66. The van der Waals surface area contributed by atoms with E-state index in [4.69, 9.17) is 0 Å². The second-order valence-electron chi connectivity index (χ2n) is 2.55. The quantitative estimate of drug-likeness (QED) is 0.608. The number of aromatic nitrogens is 2. The van der Waals surface area contributed by atoms with Gasteiger partial charge in [0.05, 0.1) is 17.0 Å². The summed E-state index contributed by atoms with van der Waals surface area (Å²) in [6, 6.07) is 4.95. The molecule has 13 heavy (non-hydrogen) atoms. The van der Waals surface area contributed by atoms with Gasteiger partial charge in [-0.15, -0.1) is 0 Å². The fourth-order valence-electron chi connectivity index (χ4n) is 1.06. The Morgan fingerprint density at radius 2 is 2.15 bits per heavy atom. The van der Waals surface area contributed by atoms with E-state index in [1.807, 2.05) is 0 Å². The summed E-state index contributed by atoms with van der Waals surface area (Å²) in [4.78, 5) is 18.4. The molecule has 0 saturated carbocycles. The van der Waals surface area contributed by atoms with Crippen LogP contribution in [0.1, 0.15) is 10.4 Å². The highest BCUT2D eigenvalue weighted by Gasteiger charge is 1.97. The van der Waals surface area contributed by atoms with Gasteiger partial charge in [0.1, 0.15) is 0 Å². The Labute approximate surface area is 73.9 Å². The van der Waals surface area contributed by atoms with Gasteiger partial charge in [0.15, 0.2) is 0 Å². The standard InChI is InChI=1S/C9H6N2O2/c12-9(13)6-4-8-7(11-5-6)2-1-3-10-8/h1-5H,(H,12,13)/p-1. The fourth-order valence-corrected chi connectivity index (χ4v) is 1.06. The van der Waals surface area contributed by atoms with E-state index < -0.39 is 5.97 Å². The van der Waals surface area contributed by atoms with E-state index in [-0.39, 0.29) is 5.56 Å². The van der Waals surface area contributed by atoms with Crippen molar-refractivity contribution in [3.8, 4) is 0 Å². The number of rotatable bonds is 1. The van der Waals surface area contributed by atoms with Gasteiger partial charge >= 0.3 is 0 Å². The summed E-state index contributed by atoms with van der Waals surface area (Å²) in [5.41, 5.74) is 1.28. The minimum Gasteiger partial charge on any atom is -0.545 e. The van der Waals surface area contributed by atoms with Gasteiger partial charge in [-0.25, -0.2) is 0 Å². The van der Waals surface area contributed by atoms with Crippen LogP contribution in [0.4, 0.5) is 0 Å². The predicted molar refractivity (Wildman–Crippen MR) is 43.9 cm³/mol. The molecular weight excluding hydrogens is 168 g/mol. The van der Waals surface area contributed by atoms with Crippen LogP contribution in [0.15, 0.2) is 30.6 Å². The predicted octanol–water partition coefficient (Wildman–Crippen LogP) is -0.00670. The molecule has 0 spiro atoms. The van der Waals surface area contributed by atoms with Crippen LogP contribution in [-0.2, 0) is 0 Å². The minimum absolute atomic E-state index is 0.0474. The molecule has 0 atom stereocenters. The molecule has 0 aliphatic carbocycles. The number of pyridine rings is 2. The van der Waals surface area contributed by atoms with Crippen molar-refractivity contribution in [2.45, 2.75) is 0 Å². The van der Waals surface area contributed by atoms with Crippen LogP contribution in [0, 0.1) is 0 Å². The summed E-state index contributed by atoms with van der Waals surface area (Å²) in [7, 11) is 0.